The van der Waals surface area contributed by atoms with Crippen molar-refractivity contribution in [1.29, 1.82) is 0 Å². The van der Waals surface area contributed by atoms with Gasteiger partial charge in [0.2, 0.25) is 15.9 Å². The molecule has 0 aliphatic rings. The molecule has 1 aromatic heterocycles. The maximum Gasteiger partial charge on any atom is 0.242 e. The molecule has 0 fully saturated rings. The summed E-state index contributed by atoms with van der Waals surface area (Å²) in [6, 6.07) is 4.94. The van der Waals surface area contributed by atoms with E-state index in [1.54, 1.807) is 30.1 Å². The van der Waals surface area contributed by atoms with Crippen molar-refractivity contribution in [3.63, 3.8) is 0 Å². The first-order valence-corrected chi connectivity index (χ1v) is 10.4. The van der Waals surface area contributed by atoms with Crippen LogP contribution in [0.15, 0.2) is 23.1 Å². The van der Waals surface area contributed by atoms with Crippen LogP contribution in [0.4, 0.5) is 0 Å². The van der Waals surface area contributed by atoms with Gasteiger partial charge in [0.05, 0.1) is 15.9 Å². The Bertz CT molecular complexity index is 920. The summed E-state index contributed by atoms with van der Waals surface area (Å²) in [4.78, 5) is 18.8. The van der Waals surface area contributed by atoms with E-state index in [1.165, 1.54) is 18.4 Å². The summed E-state index contributed by atoms with van der Waals surface area (Å²) in [7, 11) is 1.23. The van der Waals surface area contributed by atoms with Gasteiger partial charge in [-0.25, -0.2) is 17.7 Å². The molecule has 27 heavy (non-hydrogen) atoms. The molecular formula is C18H29N5O3S. The quantitative estimate of drug-likeness (QED) is 0.720. The third-order valence-corrected chi connectivity index (χ3v) is 6.66. The largest absolute Gasteiger partial charge is 0.342 e. The van der Waals surface area contributed by atoms with Crippen LogP contribution >= 0.6 is 0 Å². The molecule has 1 unspecified atom stereocenters. The van der Waals surface area contributed by atoms with E-state index in [4.69, 9.17) is 5.73 Å². The maximum absolute atomic E-state index is 12.4. The van der Waals surface area contributed by atoms with Crippen LogP contribution in [0.25, 0.3) is 11.0 Å². The first-order chi connectivity index (χ1) is 12.6. The highest BCUT2D eigenvalue weighted by atomic mass is 32.2. The molecule has 1 atom stereocenters. The van der Waals surface area contributed by atoms with Crippen LogP contribution in [0.2, 0.25) is 0 Å². The molecule has 0 aliphatic carbocycles. The molecule has 2 aromatic rings. The second-order valence-electron chi connectivity index (χ2n) is 6.80. The number of fused-ring (bicyclic) bond motifs is 1. The number of aromatic nitrogens is 2. The molecule has 0 saturated carbocycles. The number of benzene rings is 1. The third kappa shape index (κ3) is 4.31. The molecule has 0 aliphatic heterocycles. The smallest absolute Gasteiger partial charge is 0.242 e. The zero-order chi connectivity index (χ0) is 20.4. The first kappa shape index (κ1) is 21.3. The number of carbonyl (C=O) groups excluding carboxylic acids is 1. The molecule has 2 rings (SSSR count). The lowest BCUT2D eigenvalue weighted by Gasteiger charge is -2.23. The normalized spacial score (nSPS) is 13.3. The fourth-order valence-electron chi connectivity index (χ4n) is 2.87. The zero-order valence-electron chi connectivity index (χ0n) is 16.6. The van der Waals surface area contributed by atoms with Gasteiger partial charge in [0.1, 0.15) is 5.82 Å². The molecule has 1 aromatic carbocycles. The van der Waals surface area contributed by atoms with Gasteiger partial charge in [0.15, 0.2) is 0 Å². The van der Waals surface area contributed by atoms with E-state index < -0.39 is 10.0 Å². The molecule has 8 nitrogen and oxygen atoms in total. The fraction of sp³-hybridized carbons (Fsp3) is 0.556. The minimum Gasteiger partial charge on any atom is -0.342 e. The third-order valence-electron chi connectivity index (χ3n) is 4.85. The molecule has 0 bridgehead atoms. The summed E-state index contributed by atoms with van der Waals surface area (Å²) in [6.07, 6.45) is 0.811. The van der Waals surface area contributed by atoms with Gasteiger partial charge in [-0.15, -0.1) is 0 Å². The Labute approximate surface area is 161 Å². The lowest BCUT2D eigenvalue weighted by Crippen LogP contribution is -2.39. The molecule has 0 saturated heterocycles. The van der Waals surface area contributed by atoms with Crippen molar-refractivity contribution < 1.29 is 13.2 Å². The second-order valence-corrected chi connectivity index (χ2v) is 8.95. The van der Waals surface area contributed by atoms with E-state index in [-0.39, 0.29) is 16.8 Å². The number of nitrogens with two attached hydrogens (primary N) is 1. The van der Waals surface area contributed by atoms with Gasteiger partial charge < -0.3 is 15.2 Å². The van der Waals surface area contributed by atoms with Crippen LogP contribution in [0.5, 0.6) is 0 Å². The summed E-state index contributed by atoms with van der Waals surface area (Å²) < 4.78 is 27.9. The van der Waals surface area contributed by atoms with E-state index in [2.05, 4.69) is 4.98 Å². The average Bonchev–Trinajstić information content (AvgIpc) is 3.01. The Kier molecular flexibility index (Phi) is 6.61. The number of rotatable bonds is 8. The molecule has 1 amide bonds. The highest BCUT2D eigenvalue weighted by Crippen LogP contribution is 2.23. The number of nitrogens with zero attached hydrogens (tertiary/aromatic N) is 4. The van der Waals surface area contributed by atoms with Gasteiger partial charge in [-0.1, -0.05) is 0 Å². The number of hydrogen-bond acceptors (Lipinski definition) is 5. The van der Waals surface area contributed by atoms with Crippen LogP contribution in [-0.2, 0) is 27.8 Å². The Morgan fingerprint density at radius 2 is 1.96 bits per heavy atom. The van der Waals surface area contributed by atoms with Crippen molar-refractivity contribution in [3.8, 4) is 0 Å². The highest BCUT2D eigenvalue weighted by Gasteiger charge is 2.20. The van der Waals surface area contributed by atoms with Crippen LogP contribution in [0.1, 0.15) is 26.1 Å². The van der Waals surface area contributed by atoms with E-state index in [1.807, 2.05) is 18.4 Å². The van der Waals surface area contributed by atoms with Crippen LogP contribution in [0.3, 0.4) is 0 Å². The predicted octanol–water partition coefficient (Wildman–Crippen LogP) is 1.04. The SMILES string of the molecule is CCn1c(CCC(=O)N(C)C(C)CN)nc2cc(S(=O)(=O)N(C)C)ccc21. The Morgan fingerprint density at radius 1 is 1.30 bits per heavy atom. The Balaban J connectivity index is 2.31. The number of hydrogen-bond donors (Lipinski definition) is 1. The van der Waals surface area contributed by atoms with Crippen molar-refractivity contribution >= 4 is 27.0 Å². The van der Waals surface area contributed by atoms with Crippen LogP contribution < -0.4 is 5.73 Å². The van der Waals surface area contributed by atoms with Gasteiger partial charge in [0, 0.05) is 53.1 Å². The van der Waals surface area contributed by atoms with Crippen LogP contribution in [0, 0.1) is 0 Å². The lowest BCUT2D eigenvalue weighted by atomic mass is 10.2. The minimum atomic E-state index is -3.52. The fourth-order valence-corrected chi connectivity index (χ4v) is 3.80. The van der Waals surface area contributed by atoms with E-state index in [0.29, 0.717) is 31.4 Å². The summed E-state index contributed by atoms with van der Waals surface area (Å²) >= 11 is 0. The van der Waals surface area contributed by atoms with Crippen molar-refractivity contribution in [1.82, 2.24) is 18.8 Å². The molecular weight excluding hydrogens is 366 g/mol. The van der Waals surface area contributed by atoms with Gasteiger partial charge >= 0.3 is 0 Å². The first-order valence-electron chi connectivity index (χ1n) is 9.00. The Hall–Kier alpha value is -1.97. The van der Waals surface area contributed by atoms with Gasteiger partial charge in [-0.3, -0.25) is 4.79 Å². The van der Waals surface area contributed by atoms with Gasteiger partial charge in [-0.2, -0.15) is 0 Å². The molecule has 0 spiro atoms. The van der Waals surface area contributed by atoms with Gasteiger partial charge in [-0.05, 0) is 32.0 Å². The van der Waals surface area contributed by atoms with Crippen molar-refractivity contribution in [2.45, 2.75) is 44.2 Å². The van der Waals surface area contributed by atoms with Gasteiger partial charge in [0.25, 0.3) is 0 Å². The van der Waals surface area contributed by atoms with Crippen molar-refractivity contribution in [3.05, 3.63) is 24.0 Å². The molecule has 0 radical (unpaired) electrons. The highest BCUT2D eigenvalue weighted by molar-refractivity contribution is 7.89. The van der Waals surface area contributed by atoms with E-state index in [9.17, 15) is 13.2 Å². The Morgan fingerprint density at radius 3 is 2.52 bits per heavy atom. The average molecular weight is 396 g/mol. The van der Waals surface area contributed by atoms with Crippen LogP contribution in [-0.4, -0.2) is 66.8 Å². The number of aryl methyl sites for hydroxylation is 2. The summed E-state index contributed by atoms with van der Waals surface area (Å²) in [5.74, 6) is 0.785. The van der Waals surface area contributed by atoms with E-state index in [0.717, 1.165) is 11.3 Å². The number of amides is 1. The number of carbonyl (C=O) groups is 1. The minimum absolute atomic E-state index is 0.0125. The number of likely N-dealkylation sites (N-methyl/N-ethyl adjacent to an activating group) is 1. The monoisotopic (exact) mass is 395 g/mol. The van der Waals surface area contributed by atoms with E-state index >= 15 is 0 Å². The lowest BCUT2D eigenvalue weighted by molar-refractivity contribution is -0.131. The molecule has 1 heterocycles. The van der Waals surface area contributed by atoms with Crippen molar-refractivity contribution in [2.24, 2.45) is 5.73 Å². The van der Waals surface area contributed by atoms with Crippen molar-refractivity contribution in [2.75, 3.05) is 27.7 Å². The molecule has 2 N–H and O–H groups in total. The molecule has 150 valence electrons. The number of imidazole rings is 1. The maximum atomic E-state index is 12.4. The standard InChI is InChI=1S/C18H29N5O3S/c1-6-23-16-8-7-14(27(25,26)21(3)4)11-15(16)20-17(23)9-10-18(24)22(5)13(2)12-19/h7-8,11,13H,6,9-10,12,19H2,1-5H3. The summed E-state index contributed by atoms with van der Waals surface area (Å²) in [5.41, 5.74) is 7.10. The summed E-state index contributed by atoms with van der Waals surface area (Å²) in [5, 5.41) is 0. The zero-order valence-corrected chi connectivity index (χ0v) is 17.5. The predicted molar refractivity (Wildman–Crippen MR) is 106 cm³/mol. The number of sulfonamides is 1. The topological polar surface area (TPSA) is 102 Å². The molecule has 9 heteroatoms. The second kappa shape index (κ2) is 8.37. The summed E-state index contributed by atoms with van der Waals surface area (Å²) in [6.45, 7) is 5.01.